The highest BCUT2D eigenvalue weighted by Crippen LogP contribution is 2.06. The first-order valence-electron chi connectivity index (χ1n) is 3.83. The van der Waals surface area contributed by atoms with E-state index in [1.54, 1.807) is 19.2 Å². The van der Waals surface area contributed by atoms with Crippen LogP contribution in [0.2, 0.25) is 0 Å². The zero-order valence-electron chi connectivity index (χ0n) is 7.02. The van der Waals surface area contributed by atoms with Gasteiger partial charge in [-0.15, -0.1) is 0 Å². The Labute approximate surface area is 80.4 Å². The van der Waals surface area contributed by atoms with E-state index < -0.39 is 0 Å². The van der Waals surface area contributed by atoms with Crippen molar-refractivity contribution in [3.05, 3.63) is 34.6 Å². The molecule has 0 fully saturated rings. The number of para-hydroxylation sites is 1. The maximum absolute atomic E-state index is 11.6. The lowest BCUT2D eigenvalue weighted by molar-refractivity contribution is 0.728. The summed E-state index contributed by atoms with van der Waals surface area (Å²) < 4.78 is 1.37. The molecule has 4 heteroatoms. The van der Waals surface area contributed by atoms with Crippen LogP contribution < -0.4 is 5.56 Å². The van der Waals surface area contributed by atoms with Gasteiger partial charge in [-0.3, -0.25) is 9.78 Å². The van der Waals surface area contributed by atoms with Crippen LogP contribution in [-0.4, -0.2) is 9.55 Å². The van der Waals surface area contributed by atoms with Crippen molar-refractivity contribution >= 4 is 23.5 Å². The maximum atomic E-state index is 11.6. The highest BCUT2D eigenvalue weighted by atomic mass is 32.1. The number of fused-ring (bicyclic) bond motifs is 1. The first-order chi connectivity index (χ1) is 6.20. The zero-order valence-corrected chi connectivity index (χ0v) is 7.84. The smallest absolute Gasteiger partial charge is 0.259 e. The van der Waals surface area contributed by atoms with E-state index in [2.05, 4.69) is 4.98 Å². The van der Waals surface area contributed by atoms with Gasteiger partial charge in [-0.1, -0.05) is 12.1 Å². The first kappa shape index (κ1) is 8.19. The molecule has 1 heterocycles. The summed E-state index contributed by atoms with van der Waals surface area (Å²) in [5.41, 5.74) is 0.575. The van der Waals surface area contributed by atoms with E-state index in [0.29, 0.717) is 16.1 Å². The SMILES string of the molecule is Cn1c([S-])nc2ccccc2c1=O. The van der Waals surface area contributed by atoms with E-state index in [1.165, 1.54) is 4.57 Å². The molecule has 0 saturated heterocycles. The molecule has 13 heavy (non-hydrogen) atoms. The molecule has 1 aromatic carbocycles. The minimum atomic E-state index is -0.0874. The first-order valence-corrected chi connectivity index (χ1v) is 4.24. The van der Waals surface area contributed by atoms with E-state index in [9.17, 15) is 4.79 Å². The van der Waals surface area contributed by atoms with Crippen molar-refractivity contribution in [1.82, 2.24) is 9.55 Å². The van der Waals surface area contributed by atoms with Gasteiger partial charge in [-0.25, -0.2) is 0 Å². The molecule has 2 aromatic rings. The Kier molecular flexibility index (Phi) is 1.77. The molecular weight excluding hydrogens is 184 g/mol. The largest absolute Gasteiger partial charge is 0.742 e. The van der Waals surface area contributed by atoms with Crippen molar-refractivity contribution in [3.63, 3.8) is 0 Å². The highest BCUT2D eigenvalue weighted by Gasteiger charge is 1.99. The third-order valence-electron chi connectivity index (χ3n) is 1.94. The summed E-state index contributed by atoms with van der Waals surface area (Å²) in [7, 11) is 1.63. The summed E-state index contributed by atoms with van der Waals surface area (Å²) in [6.07, 6.45) is 0. The third-order valence-corrected chi connectivity index (χ3v) is 2.31. The van der Waals surface area contributed by atoms with Crippen molar-refractivity contribution in [1.29, 1.82) is 0 Å². The molecule has 0 aliphatic rings. The van der Waals surface area contributed by atoms with Crippen molar-refractivity contribution in [2.24, 2.45) is 7.05 Å². The number of nitrogens with zero attached hydrogens (tertiary/aromatic N) is 2. The Hall–Kier alpha value is -1.42. The molecule has 0 atom stereocenters. The van der Waals surface area contributed by atoms with E-state index >= 15 is 0 Å². The number of hydrogen-bond donors (Lipinski definition) is 0. The Balaban J connectivity index is 3.03. The Morgan fingerprint density at radius 2 is 2.08 bits per heavy atom. The average Bonchev–Trinajstić information content (AvgIpc) is 2.15. The van der Waals surface area contributed by atoms with Crippen LogP contribution in [0.5, 0.6) is 0 Å². The lowest BCUT2D eigenvalue weighted by Gasteiger charge is -2.11. The van der Waals surface area contributed by atoms with Gasteiger partial charge >= 0.3 is 0 Å². The summed E-state index contributed by atoms with van der Waals surface area (Å²) in [6.45, 7) is 0. The molecule has 0 radical (unpaired) electrons. The fourth-order valence-electron chi connectivity index (χ4n) is 1.20. The Morgan fingerprint density at radius 3 is 2.85 bits per heavy atom. The number of aromatic nitrogens is 2. The van der Waals surface area contributed by atoms with E-state index in [0.717, 1.165) is 0 Å². The van der Waals surface area contributed by atoms with Crippen LogP contribution in [0.15, 0.2) is 34.2 Å². The van der Waals surface area contributed by atoms with Crippen molar-refractivity contribution in [2.45, 2.75) is 5.16 Å². The van der Waals surface area contributed by atoms with E-state index in [1.807, 2.05) is 12.1 Å². The van der Waals surface area contributed by atoms with Crippen LogP contribution in [0, 0.1) is 0 Å². The predicted octanol–water partition coefficient (Wildman–Crippen LogP) is 0.839. The molecule has 0 bridgehead atoms. The zero-order chi connectivity index (χ0) is 9.42. The van der Waals surface area contributed by atoms with Crippen molar-refractivity contribution in [2.75, 3.05) is 0 Å². The monoisotopic (exact) mass is 191 g/mol. The van der Waals surface area contributed by atoms with Gasteiger partial charge < -0.3 is 17.2 Å². The van der Waals surface area contributed by atoms with Crippen LogP contribution in [0.25, 0.3) is 10.9 Å². The van der Waals surface area contributed by atoms with Crippen molar-refractivity contribution in [3.8, 4) is 0 Å². The summed E-state index contributed by atoms with van der Waals surface area (Å²) in [5.74, 6) is 0. The molecule has 0 aliphatic carbocycles. The summed E-state index contributed by atoms with van der Waals surface area (Å²) >= 11 is 4.92. The van der Waals surface area contributed by atoms with Gasteiger partial charge in [0.15, 0.2) is 0 Å². The Morgan fingerprint density at radius 1 is 1.38 bits per heavy atom. The van der Waals surface area contributed by atoms with Gasteiger partial charge in [0.1, 0.15) is 0 Å². The molecule has 1 aromatic heterocycles. The molecule has 3 nitrogen and oxygen atoms in total. The quantitative estimate of drug-likeness (QED) is 0.457. The number of benzene rings is 1. The lowest BCUT2D eigenvalue weighted by atomic mass is 10.2. The lowest BCUT2D eigenvalue weighted by Crippen LogP contribution is -2.19. The second kappa shape index (κ2) is 2.81. The van der Waals surface area contributed by atoms with Crippen LogP contribution in [0.3, 0.4) is 0 Å². The van der Waals surface area contributed by atoms with Gasteiger partial charge in [0.05, 0.1) is 10.9 Å². The molecule has 0 unspecified atom stereocenters. The Bertz CT molecular complexity index is 518. The highest BCUT2D eigenvalue weighted by molar-refractivity contribution is 7.58. The standard InChI is InChI=1S/C9H8N2OS/c1-11-8(12)6-4-2-3-5-7(6)10-9(11)13/h2-5H,1H3,(H,10,13)/p-1. The fraction of sp³-hybridized carbons (Fsp3) is 0.111. The molecule has 0 amide bonds. The minimum absolute atomic E-state index is 0.0874. The second-order valence-electron chi connectivity index (χ2n) is 2.78. The van der Waals surface area contributed by atoms with Gasteiger partial charge in [-0.2, -0.15) is 0 Å². The van der Waals surface area contributed by atoms with Gasteiger partial charge in [-0.05, 0) is 17.3 Å². The molecule has 2 rings (SSSR count). The second-order valence-corrected chi connectivity index (χ2v) is 3.14. The number of hydrogen-bond acceptors (Lipinski definition) is 3. The molecule has 0 spiro atoms. The van der Waals surface area contributed by atoms with Gasteiger partial charge in [0, 0.05) is 7.05 Å². The molecule has 0 aliphatic heterocycles. The van der Waals surface area contributed by atoms with Crippen LogP contribution >= 0.6 is 0 Å². The van der Waals surface area contributed by atoms with Crippen molar-refractivity contribution < 1.29 is 0 Å². The van der Waals surface area contributed by atoms with E-state index in [-0.39, 0.29) is 5.56 Å². The van der Waals surface area contributed by atoms with Gasteiger partial charge in [0.25, 0.3) is 5.56 Å². The fourth-order valence-corrected chi connectivity index (χ4v) is 1.38. The molecule has 0 saturated carbocycles. The molecular formula is C9H7N2OS-. The molecule has 0 N–H and O–H groups in total. The maximum Gasteiger partial charge on any atom is 0.259 e. The summed E-state index contributed by atoms with van der Waals surface area (Å²) in [6, 6.07) is 7.18. The van der Waals surface area contributed by atoms with Crippen LogP contribution in [0.1, 0.15) is 0 Å². The van der Waals surface area contributed by atoms with Gasteiger partial charge in [0.2, 0.25) is 0 Å². The predicted molar refractivity (Wildman–Crippen MR) is 52.6 cm³/mol. The average molecular weight is 191 g/mol. The van der Waals surface area contributed by atoms with E-state index in [4.69, 9.17) is 12.6 Å². The summed E-state index contributed by atoms with van der Waals surface area (Å²) in [5, 5.41) is 0.933. The van der Waals surface area contributed by atoms with Crippen LogP contribution in [-0.2, 0) is 19.7 Å². The normalized spacial score (nSPS) is 10.5. The van der Waals surface area contributed by atoms with Crippen LogP contribution in [0.4, 0.5) is 0 Å². The molecule has 66 valence electrons. The third kappa shape index (κ3) is 1.19. The topological polar surface area (TPSA) is 34.9 Å². The summed E-state index contributed by atoms with van der Waals surface area (Å²) in [4.78, 5) is 15.7. The number of rotatable bonds is 0. The minimum Gasteiger partial charge on any atom is -0.742 e.